The molecule has 0 bridgehead atoms. The highest BCUT2D eigenvalue weighted by molar-refractivity contribution is 6.33. The van der Waals surface area contributed by atoms with Gasteiger partial charge >= 0.3 is 17.8 Å². The van der Waals surface area contributed by atoms with Crippen LogP contribution in [0.2, 0.25) is 0 Å². The third-order valence-electron chi connectivity index (χ3n) is 4.15. The van der Waals surface area contributed by atoms with Crippen molar-refractivity contribution in [3.8, 4) is 5.75 Å². The first-order chi connectivity index (χ1) is 13.9. The minimum Gasteiger partial charge on any atom is -0.497 e. The van der Waals surface area contributed by atoms with E-state index in [1.807, 2.05) is 12.1 Å². The van der Waals surface area contributed by atoms with Gasteiger partial charge in [-0.25, -0.2) is 9.36 Å². The summed E-state index contributed by atoms with van der Waals surface area (Å²) in [7, 11) is 1.56. The first kappa shape index (κ1) is 19.7. The summed E-state index contributed by atoms with van der Waals surface area (Å²) in [5.41, 5.74) is 4.07. The van der Waals surface area contributed by atoms with E-state index in [2.05, 4.69) is 10.5 Å². The Kier molecular flexibility index (Phi) is 5.63. The van der Waals surface area contributed by atoms with Gasteiger partial charge in [0, 0.05) is 0 Å². The number of carboxylic acids is 2. The Balaban J connectivity index is 2.21. The summed E-state index contributed by atoms with van der Waals surface area (Å²) in [6.07, 6.45) is 0. The number of nitrogens with zero attached hydrogens (tertiary/aromatic N) is 3. The van der Waals surface area contributed by atoms with Crippen LogP contribution in [0, 0.1) is 0 Å². The smallest absolute Gasteiger partial charge is 0.395 e. The molecular weight excluding hydrogens is 380 g/mol. The van der Waals surface area contributed by atoms with Crippen LogP contribution >= 0.6 is 0 Å². The molecule has 29 heavy (non-hydrogen) atoms. The van der Waals surface area contributed by atoms with Crippen LogP contribution in [0.5, 0.6) is 5.75 Å². The van der Waals surface area contributed by atoms with Crippen molar-refractivity contribution in [2.24, 2.45) is 5.10 Å². The molecule has 0 saturated carbocycles. The van der Waals surface area contributed by atoms with E-state index in [1.54, 1.807) is 48.1 Å². The van der Waals surface area contributed by atoms with E-state index in [0.717, 1.165) is 10.1 Å². The van der Waals surface area contributed by atoms with Crippen LogP contribution in [0.3, 0.4) is 0 Å². The molecule has 0 radical (unpaired) electrons. The number of carboxylic acid groups (broad SMARTS) is 2. The second kappa shape index (κ2) is 8.30. The van der Waals surface area contributed by atoms with Crippen LogP contribution in [0.4, 0.5) is 0 Å². The van der Waals surface area contributed by atoms with E-state index in [4.69, 9.17) is 9.84 Å². The molecule has 1 aromatic heterocycles. The van der Waals surface area contributed by atoms with Crippen molar-refractivity contribution >= 4 is 28.9 Å². The summed E-state index contributed by atoms with van der Waals surface area (Å²) < 4.78 is 7.72. The van der Waals surface area contributed by atoms with Crippen molar-refractivity contribution in [1.82, 2.24) is 14.6 Å². The summed E-state index contributed by atoms with van der Waals surface area (Å²) in [6, 6.07) is 13.9. The zero-order valence-electron chi connectivity index (χ0n) is 15.4. The lowest BCUT2D eigenvalue weighted by molar-refractivity contribution is -0.136. The van der Waals surface area contributed by atoms with Crippen molar-refractivity contribution < 1.29 is 29.3 Å². The number of methoxy groups -OCH3 is 1. The first-order valence-electron chi connectivity index (χ1n) is 8.51. The highest BCUT2D eigenvalue weighted by atomic mass is 16.5. The maximum atomic E-state index is 12.4. The van der Waals surface area contributed by atoms with E-state index < -0.39 is 24.4 Å². The SMILES string of the molecule is COc1ccc(Cn2/c(=N/NCC(=O)O)n(C(=O)C(=O)O)c3ccccc32)cc1. The fraction of sp³-hybridized carbons (Fsp3) is 0.158. The largest absolute Gasteiger partial charge is 0.497 e. The van der Waals surface area contributed by atoms with Crippen molar-refractivity contribution in [3.63, 3.8) is 0 Å². The fourth-order valence-electron chi connectivity index (χ4n) is 2.87. The Morgan fingerprint density at radius 1 is 1.03 bits per heavy atom. The van der Waals surface area contributed by atoms with E-state index >= 15 is 0 Å². The van der Waals surface area contributed by atoms with Gasteiger partial charge in [-0.05, 0) is 29.8 Å². The number of fused-ring (bicyclic) bond motifs is 1. The second-order valence-electron chi connectivity index (χ2n) is 6.01. The minimum absolute atomic E-state index is 0.0318. The highest BCUT2D eigenvalue weighted by Gasteiger charge is 2.22. The average molecular weight is 398 g/mol. The lowest BCUT2D eigenvalue weighted by Crippen LogP contribution is -2.36. The molecule has 0 fully saturated rings. The molecule has 0 aliphatic heterocycles. The number of ether oxygens (including phenoxy) is 1. The predicted octanol–water partition coefficient (Wildman–Crippen LogP) is 0.714. The maximum absolute atomic E-state index is 12.4. The molecule has 2 aromatic carbocycles. The van der Waals surface area contributed by atoms with Gasteiger partial charge in [-0.1, -0.05) is 24.3 Å². The molecule has 0 unspecified atom stereocenters. The fourth-order valence-corrected chi connectivity index (χ4v) is 2.87. The molecule has 3 rings (SSSR count). The molecular formula is C19H18N4O6. The molecule has 0 atom stereocenters. The van der Waals surface area contributed by atoms with Crippen molar-refractivity contribution in [3.05, 3.63) is 59.7 Å². The van der Waals surface area contributed by atoms with Gasteiger partial charge in [-0.15, -0.1) is 5.10 Å². The van der Waals surface area contributed by atoms with Gasteiger partial charge in [0.25, 0.3) is 0 Å². The molecule has 10 nitrogen and oxygen atoms in total. The number of hydrogen-bond donors (Lipinski definition) is 3. The number of carbonyl (C=O) groups excluding carboxylic acids is 1. The number of aromatic nitrogens is 2. The monoisotopic (exact) mass is 398 g/mol. The molecule has 0 amide bonds. The van der Waals surface area contributed by atoms with Crippen LogP contribution in [0.1, 0.15) is 10.4 Å². The minimum atomic E-state index is -1.66. The maximum Gasteiger partial charge on any atom is 0.395 e. The molecule has 150 valence electrons. The lowest BCUT2D eigenvalue weighted by atomic mass is 10.2. The summed E-state index contributed by atoms with van der Waals surface area (Å²) in [4.78, 5) is 34.5. The van der Waals surface area contributed by atoms with E-state index in [0.29, 0.717) is 16.8 Å². The molecule has 0 aliphatic rings. The van der Waals surface area contributed by atoms with Gasteiger partial charge in [0.15, 0.2) is 0 Å². The first-order valence-corrected chi connectivity index (χ1v) is 8.51. The molecule has 3 N–H and O–H groups in total. The molecule has 3 aromatic rings. The zero-order chi connectivity index (χ0) is 21.0. The standard InChI is InChI=1S/C19H18N4O6/c1-29-13-8-6-12(7-9-13)11-22-14-4-2-3-5-15(14)23(17(26)18(27)28)19(22)21-20-10-16(24)25/h2-9,20H,10-11H2,1H3,(H,24,25)(H,27,28)/b21-19-. The van der Waals surface area contributed by atoms with Crippen molar-refractivity contribution in [2.75, 3.05) is 13.7 Å². The number of benzene rings is 2. The number of aliphatic carboxylic acids is 2. The Morgan fingerprint density at radius 3 is 2.28 bits per heavy atom. The van der Waals surface area contributed by atoms with E-state index in [-0.39, 0.29) is 12.2 Å². The van der Waals surface area contributed by atoms with Gasteiger partial charge in [-0.3, -0.25) is 15.0 Å². The zero-order valence-corrected chi connectivity index (χ0v) is 15.4. The number of nitrogens with one attached hydrogen (secondary N) is 1. The lowest BCUT2D eigenvalue weighted by Gasteiger charge is -2.07. The van der Waals surface area contributed by atoms with Crippen LogP contribution in [0.15, 0.2) is 53.6 Å². The summed E-state index contributed by atoms with van der Waals surface area (Å²) in [5, 5.41) is 22.1. The second-order valence-corrected chi connectivity index (χ2v) is 6.01. The van der Waals surface area contributed by atoms with E-state index in [9.17, 15) is 19.5 Å². The number of carbonyl (C=O) groups is 3. The topological polar surface area (TPSA) is 135 Å². The highest BCUT2D eigenvalue weighted by Crippen LogP contribution is 2.17. The van der Waals surface area contributed by atoms with Crippen LogP contribution in [-0.2, 0) is 16.1 Å². The van der Waals surface area contributed by atoms with Gasteiger partial charge < -0.3 is 19.5 Å². The van der Waals surface area contributed by atoms with E-state index in [1.165, 1.54) is 0 Å². The Hall–Kier alpha value is -4.08. The molecule has 0 spiro atoms. The van der Waals surface area contributed by atoms with Gasteiger partial charge in [0.2, 0.25) is 5.62 Å². The third kappa shape index (κ3) is 4.10. The van der Waals surface area contributed by atoms with Crippen LogP contribution in [0.25, 0.3) is 11.0 Å². The predicted molar refractivity (Wildman–Crippen MR) is 101 cm³/mol. The number of hydrogen-bond acceptors (Lipinski definition) is 6. The summed E-state index contributed by atoms with van der Waals surface area (Å²) in [5.74, 6) is -3.33. The molecule has 0 saturated heterocycles. The number of rotatable bonds is 6. The number of para-hydroxylation sites is 2. The summed E-state index contributed by atoms with van der Waals surface area (Å²) in [6.45, 7) is -0.233. The average Bonchev–Trinajstić information content (AvgIpc) is 3.01. The molecule has 10 heteroatoms. The number of imidazole rings is 1. The molecule has 1 heterocycles. The Bertz CT molecular complexity index is 1140. The normalized spacial score (nSPS) is 11.4. The summed E-state index contributed by atoms with van der Waals surface area (Å²) >= 11 is 0. The third-order valence-corrected chi connectivity index (χ3v) is 4.15. The van der Waals surface area contributed by atoms with Crippen molar-refractivity contribution in [2.45, 2.75) is 6.54 Å². The Labute approximate surface area is 164 Å². The van der Waals surface area contributed by atoms with Crippen LogP contribution in [-0.4, -0.2) is 50.8 Å². The Morgan fingerprint density at radius 2 is 1.69 bits per heavy atom. The van der Waals surface area contributed by atoms with Gasteiger partial charge in [0.05, 0.1) is 24.7 Å². The van der Waals surface area contributed by atoms with Gasteiger partial charge in [0.1, 0.15) is 12.3 Å². The van der Waals surface area contributed by atoms with Crippen LogP contribution < -0.4 is 15.8 Å². The molecule has 0 aliphatic carbocycles. The quantitative estimate of drug-likeness (QED) is 0.411. The van der Waals surface area contributed by atoms with Crippen molar-refractivity contribution in [1.29, 1.82) is 0 Å². The van der Waals surface area contributed by atoms with Gasteiger partial charge in [-0.2, -0.15) is 0 Å².